The molecule has 2 heterocycles. The fourth-order valence-corrected chi connectivity index (χ4v) is 3.00. The van der Waals surface area contributed by atoms with E-state index in [9.17, 15) is 0 Å². The highest BCUT2D eigenvalue weighted by Crippen LogP contribution is 2.13. The van der Waals surface area contributed by atoms with Crippen LogP contribution in [0.25, 0.3) is 0 Å². The van der Waals surface area contributed by atoms with E-state index < -0.39 is 0 Å². The zero-order valence-corrected chi connectivity index (χ0v) is 10.8. The summed E-state index contributed by atoms with van der Waals surface area (Å²) in [7, 11) is 0. The zero-order chi connectivity index (χ0) is 11.2. The summed E-state index contributed by atoms with van der Waals surface area (Å²) in [5.74, 6) is 1.20. The van der Waals surface area contributed by atoms with Crippen molar-refractivity contribution in [2.75, 3.05) is 45.1 Å². The van der Waals surface area contributed by atoms with Crippen LogP contribution >= 0.6 is 11.8 Å². The second kappa shape index (κ2) is 6.47. The predicted molar refractivity (Wildman–Crippen MR) is 69.2 cm³/mol. The minimum absolute atomic E-state index is 0.586. The highest BCUT2D eigenvalue weighted by atomic mass is 32.2. The number of thioether (sulfide) groups is 1. The standard InChI is InChI=1S/C11H21N3OS/c1-10-2-9-16-11(13-10)12-3-4-14-5-7-15-8-6-14/h10H,2-9H2,1H3,(H,12,13). The van der Waals surface area contributed by atoms with Crippen molar-refractivity contribution in [2.24, 2.45) is 4.99 Å². The van der Waals surface area contributed by atoms with Crippen LogP contribution in [0.3, 0.4) is 0 Å². The molecule has 2 fully saturated rings. The maximum Gasteiger partial charge on any atom is 0.156 e. The molecule has 0 aromatic heterocycles. The number of nitrogens with one attached hydrogen (secondary N) is 1. The predicted octanol–water partition coefficient (Wildman–Crippen LogP) is 0.790. The van der Waals surface area contributed by atoms with Crippen molar-refractivity contribution in [3.05, 3.63) is 0 Å². The molecule has 2 aliphatic rings. The van der Waals surface area contributed by atoms with Crippen molar-refractivity contribution in [1.82, 2.24) is 10.2 Å². The van der Waals surface area contributed by atoms with E-state index >= 15 is 0 Å². The number of nitrogens with zero attached hydrogens (tertiary/aromatic N) is 2. The van der Waals surface area contributed by atoms with Gasteiger partial charge >= 0.3 is 0 Å². The summed E-state index contributed by atoms with van der Waals surface area (Å²) in [6.45, 7) is 8.05. The molecule has 92 valence electrons. The fraction of sp³-hybridized carbons (Fsp3) is 0.909. The average Bonchev–Trinajstić information content (AvgIpc) is 2.30. The van der Waals surface area contributed by atoms with Crippen LogP contribution in [0.5, 0.6) is 0 Å². The molecule has 0 radical (unpaired) electrons. The lowest BCUT2D eigenvalue weighted by atomic mass is 10.3. The SMILES string of the molecule is CC1CCSC(=NCCN2CCOCC2)N1. The Hall–Kier alpha value is -0.260. The van der Waals surface area contributed by atoms with Crippen molar-refractivity contribution < 1.29 is 4.74 Å². The van der Waals surface area contributed by atoms with Crippen LogP contribution < -0.4 is 5.32 Å². The first kappa shape index (κ1) is 12.2. The molecule has 2 saturated heterocycles. The first-order valence-corrected chi connectivity index (χ1v) is 7.07. The van der Waals surface area contributed by atoms with Crippen molar-refractivity contribution in [2.45, 2.75) is 19.4 Å². The van der Waals surface area contributed by atoms with E-state index in [0.29, 0.717) is 6.04 Å². The maximum absolute atomic E-state index is 5.32. The lowest BCUT2D eigenvalue weighted by molar-refractivity contribution is 0.0394. The van der Waals surface area contributed by atoms with Gasteiger partial charge in [0.1, 0.15) is 0 Å². The molecule has 4 nitrogen and oxygen atoms in total. The van der Waals surface area contributed by atoms with Crippen LogP contribution in [-0.4, -0.2) is 61.3 Å². The quantitative estimate of drug-likeness (QED) is 0.795. The largest absolute Gasteiger partial charge is 0.379 e. The van der Waals surface area contributed by atoms with E-state index in [4.69, 9.17) is 4.74 Å². The Balaban J connectivity index is 1.67. The minimum atomic E-state index is 0.586. The molecule has 0 bridgehead atoms. The topological polar surface area (TPSA) is 36.9 Å². The average molecular weight is 243 g/mol. The summed E-state index contributed by atoms with van der Waals surface area (Å²) in [6, 6.07) is 0.586. The van der Waals surface area contributed by atoms with Crippen molar-refractivity contribution in [3.8, 4) is 0 Å². The second-order valence-electron chi connectivity index (χ2n) is 4.32. The molecular weight excluding hydrogens is 222 g/mol. The molecule has 0 aromatic carbocycles. The molecule has 1 atom stereocenters. The van der Waals surface area contributed by atoms with Gasteiger partial charge in [0.2, 0.25) is 0 Å². The van der Waals surface area contributed by atoms with Crippen molar-refractivity contribution in [3.63, 3.8) is 0 Å². The van der Waals surface area contributed by atoms with Crippen LogP contribution in [0.15, 0.2) is 4.99 Å². The Kier molecular flexibility index (Phi) is 4.93. The first-order chi connectivity index (χ1) is 7.84. The number of rotatable bonds is 3. The van der Waals surface area contributed by atoms with E-state index in [1.165, 1.54) is 12.2 Å². The van der Waals surface area contributed by atoms with Crippen LogP contribution in [-0.2, 0) is 4.74 Å². The highest BCUT2D eigenvalue weighted by Gasteiger charge is 2.13. The molecule has 16 heavy (non-hydrogen) atoms. The number of amidine groups is 1. The second-order valence-corrected chi connectivity index (χ2v) is 5.41. The van der Waals surface area contributed by atoms with Gasteiger partial charge in [-0.2, -0.15) is 0 Å². The summed E-state index contributed by atoms with van der Waals surface area (Å²) in [5.41, 5.74) is 0. The highest BCUT2D eigenvalue weighted by molar-refractivity contribution is 8.13. The smallest absolute Gasteiger partial charge is 0.156 e. The molecule has 1 unspecified atom stereocenters. The lowest BCUT2D eigenvalue weighted by Crippen LogP contribution is -2.39. The van der Waals surface area contributed by atoms with Crippen LogP contribution in [0, 0.1) is 0 Å². The minimum Gasteiger partial charge on any atom is -0.379 e. The summed E-state index contributed by atoms with van der Waals surface area (Å²) in [5, 5.41) is 4.56. The summed E-state index contributed by atoms with van der Waals surface area (Å²) in [4.78, 5) is 7.03. The molecule has 1 N–H and O–H groups in total. The molecule has 0 spiro atoms. The lowest BCUT2D eigenvalue weighted by Gasteiger charge is -2.26. The molecule has 2 rings (SSSR count). The van der Waals surface area contributed by atoms with Gasteiger partial charge in [-0.15, -0.1) is 0 Å². The Labute approximate surface area is 102 Å². The first-order valence-electron chi connectivity index (χ1n) is 6.08. The Morgan fingerprint density at radius 2 is 2.31 bits per heavy atom. The number of aliphatic imine (C=N–C) groups is 1. The Morgan fingerprint density at radius 1 is 1.50 bits per heavy atom. The Bertz CT molecular complexity index is 241. The normalized spacial score (nSPS) is 30.3. The number of hydrogen-bond acceptors (Lipinski definition) is 4. The summed E-state index contributed by atoms with van der Waals surface area (Å²) < 4.78 is 5.32. The van der Waals surface area contributed by atoms with E-state index in [0.717, 1.165) is 44.6 Å². The number of morpholine rings is 1. The van der Waals surface area contributed by atoms with E-state index in [1.807, 2.05) is 11.8 Å². The van der Waals surface area contributed by atoms with Gasteiger partial charge in [0.25, 0.3) is 0 Å². The Morgan fingerprint density at radius 3 is 3.06 bits per heavy atom. The third kappa shape index (κ3) is 3.96. The monoisotopic (exact) mass is 243 g/mol. The molecular formula is C11H21N3OS. The molecule has 0 saturated carbocycles. The molecule has 0 aliphatic carbocycles. The third-order valence-electron chi connectivity index (χ3n) is 2.93. The van der Waals surface area contributed by atoms with Gasteiger partial charge in [-0.05, 0) is 13.3 Å². The van der Waals surface area contributed by atoms with Gasteiger partial charge in [-0.3, -0.25) is 9.89 Å². The zero-order valence-electron chi connectivity index (χ0n) is 9.95. The molecule has 2 aliphatic heterocycles. The molecule has 0 amide bonds. The van der Waals surface area contributed by atoms with E-state index in [-0.39, 0.29) is 0 Å². The summed E-state index contributed by atoms with van der Waals surface area (Å²) >= 11 is 1.85. The fourth-order valence-electron chi connectivity index (χ4n) is 1.87. The van der Waals surface area contributed by atoms with Gasteiger partial charge < -0.3 is 10.1 Å². The van der Waals surface area contributed by atoms with Gasteiger partial charge in [0.15, 0.2) is 5.17 Å². The molecule has 5 heteroatoms. The van der Waals surface area contributed by atoms with Gasteiger partial charge in [0, 0.05) is 31.4 Å². The van der Waals surface area contributed by atoms with Crippen molar-refractivity contribution in [1.29, 1.82) is 0 Å². The van der Waals surface area contributed by atoms with E-state index in [2.05, 4.69) is 22.1 Å². The van der Waals surface area contributed by atoms with Gasteiger partial charge in [-0.25, -0.2) is 0 Å². The van der Waals surface area contributed by atoms with Crippen LogP contribution in [0.1, 0.15) is 13.3 Å². The number of ether oxygens (including phenoxy) is 1. The molecule has 0 aromatic rings. The van der Waals surface area contributed by atoms with Crippen LogP contribution in [0.4, 0.5) is 0 Å². The third-order valence-corrected chi connectivity index (χ3v) is 3.90. The van der Waals surface area contributed by atoms with E-state index in [1.54, 1.807) is 0 Å². The van der Waals surface area contributed by atoms with Crippen LogP contribution in [0.2, 0.25) is 0 Å². The summed E-state index contributed by atoms with van der Waals surface area (Å²) in [6.07, 6.45) is 1.24. The number of hydrogen-bond donors (Lipinski definition) is 1. The van der Waals surface area contributed by atoms with Gasteiger partial charge in [0.05, 0.1) is 19.8 Å². The van der Waals surface area contributed by atoms with Gasteiger partial charge in [-0.1, -0.05) is 11.8 Å². The van der Waals surface area contributed by atoms with Crippen molar-refractivity contribution >= 4 is 16.9 Å². The maximum atomic E-state index is 5.32.